The topological polar surface area (TPSA) is 12.0 Å². The van der Waals surface area contributed by atoms with E-state index in [0.717, 1.165) is 23.9 Å². The molecular formula is C15H29N. The lowest BCUT2D eigenvalue weighted by atomic mass is 9.80. The van der Waals surface area contributed by atoms with Gasteiger partial charge in [-0.3, -0.25) is 0 Å². The van der Waals surface area contributed by atoms with Gasteiger partial charge in [-0.25, -0.2) is 0 Å². The highest BCUT2D eigenvalue weighted by Gasteiger charge is 2.25. The van der Waals surface area contributed by atoms with Gasteiger partial charge >= 0.3 is 0 Å². The predicted octanol–water partition coefficient (Wildman–Crippen LogP) is 4.12. The van der Waals surface area contributed by atoms with Gasteiger partial charge in [-0.15, -0.1) is 0 Å². The highest BCUT2D eigenvalue weighted by Crippen LogP contribution is 2.29. The van der Waals surface area contributed by atoms with E-state index in [4.69, 9.17) is 0 Å². The SMILES string of the molecule is CC1CC(C)CC(NC2CCCCCC2)C1. The van der Waals surface area contributed by atoms with Crippen molar-refractivity contribution >= 4 is 0 Å². The Kier molecular flexibility index (Phi) is 4.69. The first kappa shape index (κ1) is 12.4. The summed E-state index contributed by atoms with van der Waals surface area (Å²) in [6, 6.07) is 1.66. The maximum Gasteiger partial charge on any atom is 0.00747 e. The van der Waals surface area contributed by atoms with Crippen molar-refractivity contribution in [3.05, 3.63) is 0 Å². The van der Waals surface area contributed by atoms with Crippen LogP contribution in [0.1, 0.15) is 71.6 Å². The summed E-state index contributed by atoms with van der Waals surface area (Å²) >= 11 is 0. The molecular weight excluding hydrogens is 194 g/mol. The summed E-state index contributed by atoms with van der Waals surface area (Å²) in [5, 5.41) is 3.96. The van der Waals surface area contributed by atoms with E-state index in [1.54, 1.807) is 0 Å². The third-order valence-corrected chi connectivity index (χ3v) is 4.51. The second-order valence-electron chi connectivity index (χ2n) is 6.47. The summed E-state index contributed by atoms with van der Waals surface area (Å²) in [7, 11) is 0. The molecule has 0 aromatic rings. The van der Waals surface area contributed by atoms with Crippen LogP contribution in [0.3, 0.4) is 0 Å². The van der Waals surface area contributed by atoms with E-state index < -0.39 is 0 Å². The van der Waals surface area contributed by atoms with Gasteiger partial charge in [0.15, 0.2) is 0 Å². The zero-order chi connectivity index (χ0) is 11.4. The summed E-state index contributed by atoms with van der Waals surface area (Å²) in [4.78, 5) is 0. The maximum atomic E-state index is 3.96. The Bertz CT molecular complexity index is 184. The molecule has 94 valence electrons. The van der Waals surface area contributed by atoms with Gasteiger partial charge in [0.1, 0.15) is 0 Å². The van der Waals surface area contributed by atoms with Crippen LogP contribution < -0.4 is 5.32 Å². The number of hydrogen-bond acceptors (Lipinski definition) is 1. The summed E-state index contributed by atoms with van der Waals surface area (Å²) in [5.41, 5.74) is 0. The summed E-state index contributed by atoms with van der Waals surface area (Å²) in [6.07, 6.45) is 13.0. The van der Waals surface area contributed by atoms with Crippen LogP contribution in [0.4, 0.5) is 0 Å². The van der Waals surface area contributed by atoms with E-state index in [9.17, 15) is 0 Å². The van der Waals surface area contributed by atoms with Crippen molar-refractivity contribution in [3.8, 4) is 0 Å². The molecule has 0 aromatic heterocycles. The zero-order valence-corrected chi connectivity index (χ0v) is 11.2. The third kappa shape index (κ3) is 3.76. The number of hydrogen-bond donors (Lipinski definition) is 1. The molecule has 2 aliphatic rings. The molecule has 2 unspecified atom stereocenters. The van der Waals surface area contributed by atoms with E-state index in [2.05, 4.69) is 19.2 Å². The largest absolute Gasteiger partial charge is 0.311 e. The molecule has 1 N–H and O–H groups in total. The maximum absolute atomic E-state index is 3.96. The molecule has 0 amide bonds. The van der Waals surface area contributed by atoms with E-state index in [-0.39, 0.29) is 0 Å². The quantitative estimate of drug-likeness (QED) is 0.694. The molecule has 1 heteroatoms. The first-order chi connectivity index (χ1) is 7.74. The average molecular weight is 223 g/mol. The second-order valence-corrected chi connectivity index (χ2v) is 6.47. The van der Waals surface area contributed by atoms with E-state index in [1.807, 2.05) is 0 Å². The Morgan fingerprint density at radius 2 is 1.25 bits per heavy atom. The molecule has 2 aliphatic carbocycles. The van der Waals surface area contributed by atoms with Gasteiger partial charge in [-0.1, -0.05) is 39.5 Å². The van der Waals surface area contributed by atoms with E-state index in [0.29, 0.717) is 0 Å². The van der Waals surface area contributed by atoms with Gasteiger partial charge in [0.05, 0.1) is 0 Å². The predicted molar refractivity (Wildman–Crippen MR) is 70.6 cm³/mol. The zero-order valence-electron chi connectivity index (χ0n) is 11.2. The van der Waals surface area contributed by atoms with Gasteiger partial charge in [0, 0.05) is 12.1 Å². The lowest BCUT2D eigenvalue weighted by Crippen LogP contribution is -2.42. The Morgan fingerprint density at radius 3 is 1.81 bits per heavy atom. The van der Waals surface area contributed by atoms with Crippen molar-refractivity contribution < 1.29 is 0 Å². The van der Waals surface area contributed by atoms with Crippen molar-refractivity contribution in [2.24, 2.45) is 11.8 Å². The Hall–Kier alpha value is -0.0400. The van der Waals surface area contributed by atoms with Gasteiger partial charge in [0.25, 0.3) is 0 Å². The second kappa shape index (κ2) is 6.05. The lowest BCUT2D eigenvalue weighted by molar-refractivity contribution is 0.220. The minimum Gasteiger partial charge on any atom is -0.311 e. The van der Waals surface area contributed by atoms with Crippen molar-refractivity contribution in [1.82, 2.24) is 5.32 Å². The summed E-state index contributed by atoms with van der Waals surface area (Å²) in [5.74, 6) is 1.87. The Morgan fingerprint density at radius 1 is 0.688 bits per heavy atom. The lowest BCUT2D eigenvalue weighted by Gasteiger charge is -2.34. The van der Waals surface area contributed by atoms with Crippen molar-refractivity contribution in [2.45, 2.75) is 83.7 Å². The molecule has 0 aliphatic heterocycles. The van der Waals surface area contributed by atoms with Crippen molar-refractivity contribution in [1.29, 1.82) is 0 Å². The normalized spacial score (nSPS) is 38.2. The number of rotatable bonds is 2. The molecule has 1 nitrogen and oxygen atoms in total. The molecule has 0 bridgehead atoms. The molecule has 2 rings (SSSR count). The third-order valence-electron chi connectivity index (χ3n) is 4.51. The molecule has 2 atom stereocenters. The molecule has 0 aromatic carbocycles. The van der Waals surface area contributed by atoms with Crippen LogP contribution in [0, 0.1) is 11.8 Å². The molecule has 0 spiro atoms. The Labute approximate surface area is 101 Å². The van der Waals surface area contributed by atoms with Crippen LogP contribution in [0.15, 0.2) is 0 Å². The fraction of sp³-hybridized carbons (Fsp3) is 1.00. The van der Waals surface area contributed by atoms with E-state index in [1.165, 1.54) is 57.8 Å². The Balaban J connectivity index is 1.78. The summed E-state index contributed by atoms with van der Waals surface area (Å²) in [6.45, 7) is 4.86. The van der Waals surface area contributed by atoms with Crippen molar-refractivity contribution in [3.63, 3.8) is 0 Å². The molecule has 0 heterocycles. The fourth-order valence-corrected chi connectivity index (χ4v) is 3.86. The summed E-state index contributed by atoms with van der Waals surface area (Å²) < 4.78 is 0. The number of nitrogens with one attached hydrogen (secondary N) is 1. The molecule has 2 fully saturated rings. The van der Waals surface area contributed by atoms with Gasteiger partial charge in [-0.05, 0) is 43.9 Å². The van der Waals surface area contributed by atoms with Gasteiger partial charge in [0.2, 0.25) is 0 Å². The first-order valence-corrected chi connectivity index (χ1v) is 7.50. The van der Waals surface area contributed by atoms with Gasteiger partial charge in [-0.2, -0.15) is 0 Å². The monoisotopic (exact) mass is 223 g/mol. The van der Waals surface area contributed by atoms with Crippen molar-refractivity contribution in [2.75, 3.05) is 0 Å². The van der Waals surface area contributed by atoms with E-state index >= 15 is 0 Å². The van der Waals surface area contributed by atoms with Crippen LogP contribution in [-0.4, -0.2) is 12.1 Å². The van der Waals surface area contributed by atoms with Crippen LogP contribution >= 0.6 is 0 Å². The molecule has 16 heavy (non-hydrogen) atoms. The van der Waals surface area contributed by atoms with Crippen LogP contribution in [0.2, 0.25) is 0 Å². The highest BCUT2D eigenvalue weighted by molar-refractivity contribution is 4.83. The molecule has 0 radical (unpaired) electrons. The average Bonchev–Trinajstić information content (AvgIpc) is 2.44. The minimum absolute atomic E-state index is 0.821. The van der Waals surface area contributed by atoms with Crippen LogP contribution in [0.25, 0.3) is 0 Å². The van der Waals surface area contributed by atoms with Gasteiger partial charge < -0.3 is 5.32 Å². The first-order valence-electron chi connectivity index (χ1n) is 7.50. The highest BCUT2D eigenvalue weighted by atomic mass is 15.0. The molecule has 2 saturated carbocycles. The smallest absolute Gasteiger partial charge is 0.00747 e. The minimum atomic E-state index is 0.821. The standard InChI is InChI=1S/C15H29N/c1-12-9-13(2)11-15(10-12)16-14-7-5-3-4-6-8-14/h12-16H,3-11H2,1-2H3. The molecule has 0 saturated heterocycles. The van der Waals surface area contributed by atoms with Crippen LogP contribution in [0.5, 0.6) is 0 Å². The van der Waals surface area contributed by atoms with Crippen LogP contribution in [-0.2, 0) is 0 Å². The fourth-order valence-electron chi connectivity index (χ4n) is 3.86.